The molecule has 0 saturated heterocycles. The summed E-state index contributed by atoms with van der Waals surface area (Å²) in [6.45, 7) is 7.73. The van der Waals surface area contributed by atoms with Crippen LogP contribution in [0.1, 0.15) is 20.3 Å². The predicted octanol–water partition coefficient (Wildman–Crippen LogP) is 1.97. The number of hydrogen-bond donors (Lipinski definition) is 0. The van der Waals surface area contributed by atoms with Gasteiger partial charge in [-0.05, 0) is 27.3 Å². The lowest BCUT2D eigenvalue weighted by atomic mass is 10.4. The van der Waals surface area contributed by atoms with Crippen LogP contribution in [-0.2, 0) is 4.74 Å². The van der Waals surface area contributed by atoms with Crippen molar-refractivity contribution in [2.24, 2.45) is 0 Å². The number of alkyl halides is 1. The van der Waals surface area contributed by atoms with Gasteiger partial charge in [0.15, 0.2) is 0 Å². The summed E-state index contributed by atoms with van der Waals surface area (Å²) < 4.78 is 5.23. The van der Waals surface area contributed by atoms with Crippen molar-refractivity contribution in [1.29, 1.82) is 0 Å². The average Bonchev–Trinajstić information content (AvgIpc) is 1.97. The van der Waals surface area contributed by atoms with Crippen molar-refractivity contribution in [3.63, 3.8) is 0 Å². The molecule has 0 radical (unpaired) electrons. The maximum Gasteiger partial charge on any atom is 0.0478 e. The molecule has 0 aliphatic heterocycles. The Morgan fingerprint density at radius 1 is 1.50 bits per heavy atom. The van der Waals surface area contributed by atoms with E-state index < -0.39 is 0 Å². The summed E-state index contributed by atoms with van der Waals surface area (Å²) in [5.41, 5.74) is 0. The zero-order valence-corrected chi connectivity index (χ0v) is 9.10. The molecule has 0 aliphatic rings. The Morgan fingerprint density at radius 3 is 2.67 bits per heavy atom. The maximum atomic E-state index is 5.84. The van der Waals surface area contributed by atoms with Crippen molar-refractivity contribution in [3.8, 4) is 0 Å². The largest absolute Gasteiger partial charge is 0.382 e. The molecular weight excluding hydrogens is 174 g/mol. The second kappa shape index (κ2) is 7.84. The number of nitrogens with zero attached hydrogens (tertiary/aromatic N) is 1. The zero-order valence-electron chi connectivity index (χ0n) is 8.35. The summed E-state index contributed by atoms with van der Waals surface area (Å²) in [5, 5.41) is 0.238. The molecule has 0 bridgehead atoms. The van der Waals surface area contributed by atoms with Gasteiger partial charge in [-0.1, -0.05) is 0 Å². The molecule has 1 atom stereocenters. The van der Waals surface area contributed by atoms with Gasteiger partial charge in [0, 0.05) is 31.7 Å². The van der Waals surface area contributed by atoms with Gasteiger partial charge in [0.2, 0.25) is 0 Å². The molecule has 0 spiro atoms. The lowest BCUT2D eigenvalue weighted by Gasteiger charge is -2.17. The van der Waals surface area contributed by atoms with Crippen LogP contribution in [-0.4, -0.2) is 43.6 Å². The van der Waals surface area contributed by atoms with E-state index in [2.05, 4.69) is 11.9 Å². The minimum atomic E-state index is 0.238. The number of ether oxygens (including phenoxy) is 1. The van der Waals surface area contributed by atoms with Crippen molar-refractivity contribution in [3.05, 3.63) is 0 Å². The Hall–Kier alpha value is 0.210. The molecule has 0 heterocycles. The van der Waals surface area contributed by atoms with Gasteiger partial charge in [-0.3, -0.25) is 0 Å². The SMILES string of the molecule is CCOCCCN(C)CC(C)Cl. The molecular formula is C9H20ClNO. The molecule has 0 aromatic carbocycles. The van der Waals surface area contributed by atoms with Gasteiger partial charge in [-0.25, -0.2) is 0 Å². The summed E-state index contributed by atoms with van der Waals surface area (Å²) in [4.78, 5) is 2.23. The Kier molecular flexibility index (Phi) is 7.98. The third-order valence-electron chi connectivity index (χ3n) is 1.60. The lowest BCUT2D eigenvalue weighted by Crippen LogP contribution is -2.26. The van der Waals surface area contributed by atoms with Crippen LogP contribution in [0.25, 0.3) is 0 Å². The first kappa shape index (κ1) is 12.2. The average molecular weight is 194 g/mol. The van der Waals surface area contributed by atoms with Gasteiger partial charge < -0.3 is 9.64 Å². The van der Waals surface area contributed by atoms with Crippen molar-refractivity contribution in [1.82, 2.24) is 4.90 Å². The van der Waals surface area contributed by atoms with Gasteiger partial charge in [0.1, 0.15) is 0 Å². The molecule has 1 unspecified atom stereocenters. The van der Waals surface area contributed by atoms with Crippen LogP contribution in [0.3, 0.4) is 0 Å². The predicted molar refractivity (Wildman–Crippen MR) is 53.9 cm³/mol. The minimum Gasteiger partial charge on any atom is -0.382 e. The molecule has 0 fully saturated rings. The van der Waals surface area contributed by atoms with Crippen LogP contribution < -0.4 is 0 Å². The molecule has 0 aromatic heterocycles. The van der Waals surface area contributed by atoms with E-state index in [0.717, 1.165) is 32.7 Å². The van der Waals surface area contributed by atoms with Gasteiger partial charge in [-0.15, -0.1) is 11.6 Å². The first-order valence-corrected chi connectivity index (χ1v) is 5.00. The van der Waals surface area contributed by atoms with E-state index in [9.17, 15) is 0 Å². The molecule has 2 nitrogen and oxygen atoms in total. The van der Waals surface area contributed by atoms with Gasteiger partial charge >= 0.3 is 0 Å². The summed E-state index contributed by atoms with van der Waals surface area (Å²) >= 11 is 5.84. The summed E-state index contributed by atoms with van der Waals surface area (Å²) in [6.07, 6.45) is 1.09. The third-order valence-corrected chi connectivity index (χ3v) is 1.73. The van der Waals surface area contributed by atoms with Gasteiger partial charge in [0.05, 0.1) is 0 Å². The third kappa shape index (κ3) is 8.31. The zero-order chi connectivity index (χ0) is 9.40. The van der Waals surface area contributed by atoms with Crippen LogP contribution in [0.4, 0.5) is 0 Å². The van der Waals surface area contributed by atoms with Crippen LogP contribution in [0, 0.1) is 0 Å². The standard InChI is InChI=1S/C9H20ClNO/c1-4-12-7-5-6-11(3)8-9(2)10/h9H,4-8H2,1-3H3. The molecule has 0 amide bonds. The molecule has 0 saturated carbocycles. The minimum absolute atomic E-state index is 0.238. The molecule has 0 aliphatic carbocycles. The fraction of sp³-hybridized carbons (Fsp3) is 1.00. The molecule has 0 N–H and O–H groups in total. The normalized spacial score (nSPS) is 13.8. The van der Waals surface area contributed by atoms with E-state index in [1.165, 1.54) is 0 Å². The fourth-order valence-corrected chi connectivity index (χ4v) is 1.34. The Bertz CT molecular complexity index is 98.5. The number of halogens is 1. The highest BCUT2D eigenvalue weighted by atomic mass is 35.5. The highest BCUT2D eigenvalue weighted by Crippen LogP contribution is 1.97. The van der Waals surface area contributed by atoms with E-state index in [1.54, 1.807) is 0 Å². The highest BCUT2D eigenvalue weighted by molar-refractivity contribution is 6.20. The Morgan fingerprint density at radius 2 is 2.17 bits per heavy atom. The number of rotatable bonds is 7. The molecule has 0 aromatic rings. The fourth-order valence-electron chi connectivity index (χ4n) is 1.10. The molecule has 0 rings (SSSR count). The second-order valence-electron chi connectivity index (χ2n) is 3.09. The smallest absolute Gasteiger partial charge is 0.0478 e. The van der Waals surface area contributed by atoms with Crippen LogP contribution in [0.5, 0.6) is 0 Å². The van der Waals surface area contributed by atoms with E-state index >= 15 is 0 Å². The van der Waals surface area contributed by atoms with Crippen molar-refractivity contribution in [2.45, 2.75) is 25.6 Å². The molecule has 74 valence electrons. The quantitative estimate of drug-likeness (QED) is 0.453. The lowest BCUT2D eigenvalue weighted by molar-refractivity contribution is 0.135. The Labute approximate surface area is 80.8 Å². The molecule has 3 heteroatoms. The summed E-state index contributed by atoms with van der Waals surface area (Å²) in [6, 6.07) is 0. The second-order valence-corrected chi connectivity index (χ2v) is 3.84. The Balaban J connectivity index is 3.14. The van der Waals surface area contributed by atoms with Crippen molar-refractivity contribution >= 4 is 11.6 Å². The monoisotopic (exact) mass is 193 g/mol. The van der Waals surface area contributed by atoms with E-state index in [0.29, 0.717) is 0 Å². The van der Waals surface area contributed by atoms with Crippen LogP contribution in [0.15, 0.2) is 0 Å². The van der Waals surface area contributed by atoms with Crippen molar-refractivity contribution < 1.29 is 4.74 Å². The first-order chi connectivity index (χ1) is 5.66. The van der Waals surface area contributed by atoms with Crippen LogP contribution >= 0.6 is 11.6 Å². The first-order valence-electron chi connectivity index (χ1n) is 4.57. The van der Waals surface area contributed by atoms with Gasteiger partial charge in [0.25, 0.3) is 0 Å². The summed E-state index contributed by atoms with van der Waals surface area (Å²) in [7, 11) is 2.09. The van der Waals surface area contributed by atoms with E-state index in [4.69, 9.17) is 16.3 Å². The van der Waals surface area contributed by atoms with E-state index in [-0.39, 0.29) is 5.38 Å². The topological polar surface area (TPSA) is 12.5 Å². The highest BCUT2D eigenvalue weighted by Gasteiger charge is 2.01. The summed E-state index contributed by atoms with van der Waals surface area (Å²) in [5.74, 6) is 0. The van der Waals surface area contributed by atoms with Gasteiger partial charge in [-0.2, -0.15) is 0 Å². The maximum absolute atomic E-state index is 5.84. The van der Waals surface area contributed by atoms with E-state index in [1.807, 2.05) is 13.8 Å². The van der Waals surface area contributed by atoms with Crippen LogP contribution in [0.2, 0.25) is 0 Å². The number of hydrogen-bond acceptors (Lipinski definition) is 2. The molecule has 12 heavy (non-hydrogen) atoms. The van der Waals surface area contributed by atoms with Crippen molar-refractivity contribution in [2.75, 3.05) is 33.4 Å².